The number of esters is 1. The number of ketones is 1. The largest absolute Gasteiger partial charge is 0.465 e. The van der Waals surface area contributed by atoms with Gasteiger partial charge in [-0.3, -0.25) is 9.78 Å². The molecule has 0 unspecified atom stereocenters. The van der Waals surface area contributed by atoms with Crippen LogP contribution in [0.15, 0.2) is 48.7 Å². The van der Waals surface area contributed by atoms with Gasteiger partial charge in [0.25, 0.3) is 0 Å². The van der Waals surface area contributed by atoms with Gasteiger partial charge < -0.3 is 10.1 Å². The lowest BCUT2D eigenvalue weighted by molar-refractivity contribution is 0.0602. The highest BCUT2D eigenvalue weighted by Gasteiger charge is 2.19. The summed E-state index contributed by atoms with van der Waals surface area (Å²) >= 11 is 0. The lowest BCUT2D eigenvalue weighted by Crippen LogP contribution is -2.08. The molecule has 138 valence electrons. The number of pyridine rings is 1. The van der Waals surface area contributed by atoms with E-state index in [1.807, 2.05) is 44.2 Å². The minimum absolute atomic E-state index is 0.0199. The van der Waals surface area contributed by atoms with Crippen molar-refractivity contribution in [2.24, 2.45) is 0 Å². The summed E-state index contributed by atoms with van der Waals surface area (Å²) in [6, 6.07) is 13.2. The number of fused-ring (bicyclic) bond motifs is 1. The number of ether oxygens (including phenoxy) is 1. The molecule has 1 N–H and O–H groups in total. The third-order valence-corrected chi connectivity index (χ3v) is 4.48. The van der Waals surface area contributed by atoms with E-state index < -0.39 is 5.97 Å². The molecular formula is C22H22N2O3. The first-order valence-corrected chi connectivity index (χ1v) is 8.92. The Hall–Kier alpha value is -3.21. The monoisotopic (exact) mass is 362 g/mol. The van der Waals surface area contributed by atoms with Crippen molar-refractivity contribution in [2.45, 2.75) is 26.7 Å². The van der Waals surface area contributed by atoms with Gasteiger partial charge in [-0.05, 0) is 31.0 Å². The van der Waals surface area contributed by atoms with E-state index in [4.69, 9.17) is 4.74 Å². The van der Waals surface area contributed by atoms with Gasteiger partial charge in [-0.25, -0.2) is 4.79 Å². The number of Topliss-reactive ketones (excluding diaryl/α,β-unsaturated/α-hetero) is 1. The van der Waals surface area contributed by atoms with Crippen LogP contribution in [-0.2, 0) is 4.74 Å². The SMILES string of the molecule is CCCC(=O)c1cnc2c(C(=O)OC)cccc2c1Nc1ccccc1C. The molecule has 1 heterocycles. The average Bonchev–Trinajstić information content (AvgIpc) is 2.69. The molecule has 2 aromatic carbocycles. The smallest absolute Gasteiger partial charge is 0.340 e. The number of rotatable bonds is 6. The normalized spacial score (nSPS) is 10.6. The standard InChI is InChI=1S/C22H22N2O3/c1-4-8-19(25)17-13-23-20-15(10-7-11-16(20)22(26)27-3)21(17)24-18-12-6-5-9-14(18)2/h5-7,9-13H,4,8H2,1-3H3,(H,23,24). The molecule has 0 atom stereocenters. The summed E-state index contributed by atoms with van der Waals surface area (Å²) in [5.74, 6) is -0.436. The molecule has 5 heteroatoms. The number of carbonyl (C=O) groups excluding carboxylic acids is 2. The van der Waals surface area contributed by atoms with Gasteiger partial charge in [0.1, 0.15) is 0 Å². The molecule has 0 saturated heterocycles. The maximum atomic E-state index is 12.7. The molecule has 3 aromatic rings. The second kappa shape index (κ2) is 7.99. The number of benzene rings is 2. The van der Waals surface area contributed by atoms with Crippen LogP contribution in [-0.4, -0.2) is 23.8 Å². The van der Waals surface area contributed by atoms with Gasteiger partial charge in [-0.1, -0.05) is 37.3 Å². The van der Waals surface area contributed by atoms with Crippen LogP contribution in [0, 0.1) is 6.92 Å². The van der Waals surface area contributed by atoms with Gasteiger partial charge >= 0.3 is 5.97 Å². The topological polar surface area (TPSA) is 68.3 Å². The highest BCUT2D eigenvalue weighted by atomic mass is 16.5. The fourth-order valence-electron chi connectivity index (χ4n) is 3.05. The number of carbonyl (C=O) groups is 2. The molecule has 0 spiro atoms. The molecule has 0 saturated carbocycles. The first-order chi connectivity index (χ1) is 13.1. The molecule has 27 heavy (non-hydrogen) atoms. The fraction of sp³-hybridized carbons (Fsp3) is 0.227. The first-order valence-electron chi connectivity index (χ1n) is 8.92. The van der Waals surface area contributed by atoms with Crippen molar-refractivity contribution in [1.82, 2.24) is 4.98 Å². The van der Waals surface area contributed by atoms with Crippen LogP contribution in [0.25, 0.3) is 10.9 Å². The van der Waals surface area contributed by atoms with E-state index in [1.165, 1.54) is 7.11 Å². The lowest BCUT2D eigenvalue weighted by Gasteiger charge is -2.16. The van der Waals surface area contributed by atoms with Crippen molar-refractivity contribution >= 4 is 34.0 Å². The predicted molar refractivity (Wildman–Crippen MR) is 107 cm³/mol. The highest BCUT2D eigenvalue weighted by molar-refractivity contribution is 6.12. The summed E-state index contributed by atoms with van der Waals surface area (Å²) in [4.78, 5) is 29.2. The minimum Gasteiger partial charge on any atom is -0.465 e. The molecule has 0 aliphatic rings. The number of nitrogens with one attached hydrogen (secondary N) is 1. The van der Waals surface area contributed by atoms with E-state index in [0.29, 0.717) is 34.1 Å². The Bertz CT molecular complexity index is 1010. The molecular weight excluding hydrogens is 340 g/mol. The van der Waals surface area contributed by atoms with Crippen LogP contribution in [0.1, 0.15) is 46.0 Å². The number of aryl methyl sites for hydroxylation is 1. The van der Waals surface area contributed by atoms with Crippen LogP contribution in [0.2, 0.25) is 0 Å². The van der Waals surface area contributed by atoms with Crippen molar-refractivity contribution in [3.05, 3.63) is 65.4 Å². The fourth-order valence-corrected chi connectivity index (χ4v) is 3.05. The second-order valence-electron chi connectivity index (χ2n) is 6.35. The minimum atomic E-state index is -0.456. The van der Waals surface area contributed by atoms with E-state index in [2.05, 4.69) is 10.3 Å². The van der Waals surface area contributed by atoms with Crippen LogP contribution in [0.4, 0.5) is 11.4 Å². The van der Waals surface area contributed by atoms with Crippen molar-refractivity contribution in [3.63, 3.8) is 0 Å². The summed E-state index contributed by atoms with van der Waals surface area (Å²) in [6.45, 7) is 3.97. The Balaban J connectivity index is 2.25. The van der Waals surface area contributed by atoms with Gasteiger partial charge in [0, 0.05) is 23.7 Å². The Kier molecular flexibility index (Phi) is 5.50. The predicted octanol–water partition coefficient (Wildman–Crippen LogP) is 5.06. The Morgan fingerprint density at radius 3 is 2.56 bits per heavy atom. The third kappa shape index (κ3) is 3.67. The van der Waals surface area contributed by atoms with Crippen molar-refractivity contribution < 1.29 is 14.3 Å². The molecule has 0 aliphatic heterocycles. The molecule has 0 radical (unpaired) electrons. The number of hydrogen-bond acceptors (Lipinski definition) is 5. The van der Waals surface area contributed by atoms with Crippen LogP contribution in [0.3, 0.4) is 0 Å². The zero-order valence-corrected chi connectivity index (χ0v) is 15.7. The molecule has 5 nitrogen and oxygen atoms in total. The van der Waals surface area contributed by atoms with E-state index in [1.54, 1.807) is 18.3 Å². The van der Waals surface area contributed by atoms with Crippen LogP contribution >= 0.6 is 0 Å². The molecule has 0 bridgehead atoms. The summed E-state index contributed by atoms with van der Waals surface area (Å²) in [6.07, 6.45) is 2.74. The van der Waals surface area contributed by atoms with E-state index >= 15 is 0 Å². The van der Waals surface area contributed by atoms with Gasteiger partial charge in [0.15, 0.2) is 5.78 Å². The molecule has 0 amide bonds. The van der Waals surface area contributed by atoms with E-state index in [0.717, 1.165) is 17.7 Å². The van der Waals surface area contributed by atoms with Crippen LogP contribution < -0.4 is 5.32 Å². The molecule has 3 rings (SSSR count). The van der Waals surface area contributed by atoms with Gasteiger partial charge in [-0.2, -0.15) is 0 Å². The number of para-hydroxylation sites is 2. The maximum absolute atomic E-state index is 12.7. The summed E-state index contributed by atoms with van der Waals surface area (Å²) < 4.78 is 4.87. The van der Waals surface area contributed by atoms with Crippen molar-refractivity contribution in [3.8, 4) is 0 Å². The molecule has 0 aliphatic carbocycles. The number of aromatic nitrogens is 1. The Labute approximate surface area is 158 Å². The molecule has 1 aromatic heterocycles. The van der Waals surface area contributed by atoms with E-state index in [-0.39, 0.29) is 5.78 Å². The van der Waals surface area contributed by atoms with Gasteiger partial charge in [0.2, 0.25) is 0 Å². The average molecular weight is 362 g/mol. The van der Waals surface area contributed by atoms with Gasteiger partial charge in [0.05, 0.1) is 29.4 Å². The quantitative estimate of drug-likeness (QED) is 0.490. The van der Waals surface area contributed by atoms with Crippen LogP contribution in [0.5, 0.6) is 0 Å². The van der Waals surface area contributed by atoms with Crippen molar-refractivity contribution in [1.29, 1.82) is 0 Å². The second-order valence-corrected chi connectivity index (χ2v) is 6.35. The number of anilines is 2. The molecule has 0 fully saturated rings. The summed E-state index contributed by atoms with van der Waals surface area (Å²) in [5.41, 5.74) is 4.03. The third-order valence-electron chi connectivity index (χ3n) is 4.48. The number of nitrogens with zero attached hydrogens (tertiary/aromatic N) is 1. The maximum Gasteiger partial charge on any atom is 0.340 e. The number of methoxy groups -OCH3 is 1. The zero-order valence-electron chi connectivity index (χ0n) is 15.7. The Morgan fingerprint density at radius 2 is 1.85 bits per heavy atom. The summed E-state index contributed by atoms with van der Waals surface area (Å²) in [7, 11) is 1.34. The van der Waals surface area contributed by atoms with E-state index in [9.17, 15) is 9.59 Å². The first kappa shape index (κ1) is 18.6. The highest BCUT2D eigenvalue weighted by Crippen LogP contribution is 2.32. The lowest BCUT2D eigenvalue weighted by atomic mass is 10.0. The zero-order chi connectivity index (χ0) is 19.4. The Morgan fingerprint density at radius 1 is 1.07 bits per heavy atom. The summed E-state index contributed by atoms with van der Waals surface area (Å²) in [5, 5.41) is 4.11. The van der Waals surface area contributed by atoms with Gasteiger partial charge in [-0.15, -0.1) is 0 Å². The number of hydrogen-bond donors (Lipinski definition) is 1. The van der Waals surface area contributed by atoms with Crippen molar-refractivity contribution in [2.75, 3.05) is 12.4 Å².